The molecule has 1 aromatic heterocycles. The summed E-state index contributed by atoms with van der Waals surface area (Å²) in [5.74, 6) is 3.03. The van der Waals surface area contributed by atoms with Gasteiger partial charge in [0.15, 0.2) is 5.58 Å². The Morgan fingerprint density at radius 2 is 1.64 bits per heavy atom. The van der Waals surface area contributed by atoms with E-state index in [1.165, 1.54) is 19.4 Å². The summed E-state index contributed by atoms with van der Waals surface area (Å²) in [6, 6.07) is 23.5. The SMILES string of the molecule is CCCCN1CCC(Oc2ccc3nc(-c4ccc(Oc5ccccc5)cc4)oc3c2)CC1. The molecular weight excluding hydrogens is 412 g/mol. The monoisotopic (exact) mass is 442 g/mol. The lowest BCUT2D eigenvalue weighted by Gasteiger charge is -2.32. The van der Waals surface area contributed by atoms with E-state index < -0.39 is 0 Å². The molecule has 1 saturated heterocycles. The minimum Gasteiger partial charge on any atom is -0.490 e. The molecule has 0 saturated carbocycles. The summed E-state index contributed by atoms with van der Waals surface area (Å²) in [4.78, 5) is 7.20. The number of unbranched alkanes of at least 4 members (excludes halogenated alkanes) is 1. The van der Waals surface area contributed by atoms with Crippen LogP contribution in [0.5, 0.6) is 17.2 Å². The van der Waals surface area contributed by atoms with Crippen LogP contribution in [0, 0.1) is 0 Å². The van der Waals surface area contributed by atoms with E-state index in [-0.39, 0.29) is 6.10 Å². The first-order valence-electron chi connectivity index (χ1n) is 11.9. The van der Waals surface area contributed by atoms with Crippen LogP contribution in [0.3, 0.4) is 0 Å². The van der Waals surface area contributed by atoms with Crippen molar-refractivity contribution in [3.05, 3.63) is 72.8 Å². The zero-order chi connectivity index (χ0) is 22.5. The van der Waals surface area contributed by atoms with Crippen LogP contribution in [-0.2, 0) is 0 Å². The fourth-order valence-corrected chi connectivity index (χ4v) is 4.22. The predicted molar refractivity (Wildman–Crippen MR) is 131 cm³/mol. The largest absolute Gasteiger partial charge is 0.490 e. The molecule has 170 valence electrons. The summed E-state index contributed by atoms with van der Waals surface area (Å²) < 4.78 is 18.2. The van der Waals surface area contributed by atoms with E-state index >= 15 is 0 Å². The van der Waals surface area contributed by atoms with Crippen LogP contribution in [0.4, 0.5) is 0 Å². The number of benzene rings is 3. The quantitative estimate of drug-likeness (QED) is 0.296. The lowest BCUT2D eigenvalue weighted by molar-refractivity contribution is 0.0999. The number of likely N-dealkylation sites (tertiary alicyclic amines) is 1. The molecule has 0 N–H and O–H groups in total. The number of ether oxygens (including phenoxy) is 2. The molecule has 1 aliphatic heterocycles. The standard InChI is InChI=1S/C28H30N2O3/c1-2-3-17-30-18-15-24(16-19-30)32-25-13-14-26-27(20-25)33-28(29-26)21-9-11-23(12-10-21)31-22-7-5-4-6-8-22/h4-14,20,24H,2-3,15-19H2,1H3. The van der Waals surface area contributed by atoms with Crippen LogP contribution in [0.25, 0.3) is 22.6 Å². The second kappa shape index (κ2) is 10.1. The molecule has 0 amide bonds. The van der Waals surface area contributed by atoms with Crippen molar-refractivity contribution in [3.8, 4) is 28.7 Å². The van der Waals surface area contributed by atoms with Crippen LogP contribution < -0.4 is 9.47 Å². The van der Waals surface area contributed by atoms with Crippen molar-refractivity contribution in [1.82, 2.24) is 9.88 Å². The maximum Gasteiger partial charge on any atom is 0.227 e. The third kappa shape index (κ3) is 5.37. The van der Waals surface area contributed by atoms with Gasteiger partial charge in [-0.15, -0.1) is 0 Å². The molecule has 3 aromatic carbocycles. The van der Waals surface area contributed by atoms with Crippen LogP contribution >= 0.6 is 0 Å². The summed E-state index contributed by atoms with van der Waals surface area (Å²) in [5, 5.41) is 0. The highest BCUT2D eigenvalue weighted by molar-refractivity contribution is 5.77. The molecule has 1 fully saturated rings. The van der Waals surface area contributed by atoms with Gasteiger partial charge in [0, 0.05) is 24.7 Å². The Morgan fingerprint density at radius 3 is 2.39 bits per heavy atom. The molecule has 4 aromatic rings. The Kier molecular flexibility index (Phi) is 6.58. The van der Waals surface area contributed by atoms with Crippen molar-refractivity contribution < 1.29 is 13.9 Å². The highest BCUT2D eigenvalue weighted by Gasteiger charge is 2.20. The molecule has 2 heterocycles. The highest BCUT2D eigenvalue weighted by Crippen LogP contribution is 2.30. The second-order valence-electron chi connectivity index (χ2n) is 8.60. The Morgan fingerprint density at radius 1 is 0.909 bits per heavy atom. The smallest absolute Gasteiger partial charge is 0.227 e. The van der Waals surface area contributed by atoms with Gasteiger partial charge in [0.2, 0.25) is 5.89 Å². The number of oxazole rings is 1. The molecule has 5 heteroatoms. The third-order valence-corrected chi connectivity index (χ3v) is 6.11. The van der Waals surface area contributed by atoms with Gasteiger partial charge in [0.05, 0.1) is 0 Å². The fourth-order valence-electron chi connectivity index (χ4n) is 4.22. The van der Waals surface area contributed by atoms with Crippen molar-refractivity contribution >= 4 is 11.1 Å². The number of hydrogen-bond donors (Lipinski definition) is 0. The van der Waals surface area contributed by atoms with E-state index in [4.69, 9.17) is 13.9 Å². The first kappa shape index (κ1) is 21.5. The number of fused-ring (bicyclic) bond motifs is 1. The average Bonchev–Trinajstić information content (AvgIpc) is 3.28. The average molecular weight is 443 g/mol. The van der Waals surface area contributed by atoms with Gasteiger partial charge in [-0.05, 0) is 74.3 Å². The minimum atomic E-state index is 0.264. The molecule has 0 aliphatic carbocycles. The molecular formula is C28H30N2O3. The third-order valence-electron chi connectivity index (χ3n) is 6.11. The Bertz CT molecular complexity index is 1160. The van der Waals surface area contributed by atoms with Gasteiger partial charge in [-0.25, -0.2) is 4.98 Å². The molecule has 5 rings (SSSR count). The van der Waals surface area contributed by atoms with Gasteiger partial charge in [-0.1, -0.05) is 31.5 Å². The van der Waals surface area contributed by atoms with Crippen molar-refractivity contribution in [3.63, 3.8) is 0 Å². The Balaban J connectivity index is 1.23. The number of rotatable bonds is 8. The summed E-state index contributed by atoms with van der Waals surface area (Å²) in [6.07, 6.45) is 4.93. The maximum absolute atomic E-state index is 6.27. The maximum atomic E-state index is 6.27. The van der Waals surface area contributed by atoms with Crippen molar-refractivity contribution in [1.29, 1.82) is 0 Å². The Labute approximate surface area is 195 Å². The number of aromatic nitrogens is 1. The summed E-state index contributed by atoms with van der Waals surface area (Å²) >= 11 is 0. The topological polar surface area (TPSA) is 47.7 Å². The zero-order valence-electron chi connectivity index (χ0n) is 19.1. The molecule has 0 spiro atoms. The van der Waals surface area contributed by atoms with Gasteiger partial charge in [-0.2, -0.15) is 0 Å². The van der Waals surface area contributed by atoms with Gasteiger partial charge in [0.1, 0.15) is 28.9 Å². The van der Waals surface area contributed by atoms with Crippen LogP contribution in [0.15, 0.2) is 77.2 Å². The van der Waals surface area contributed by atoms with Crippen molar-refractivity contribution in [2.75, 3.05) is 19.6 Å². The summed E-state index contributed by atoms with van der Waals surface area (Å²) in [5.41, 5.74) is 2.48. The number of nitrogens with zero attached hydrogens (tertiary/aromatic N) is 2. The highest BCUT2D eigenvalue weighted by atomic mass is 16.5. The van der Waals surface area contributed by atoms with Gasteiger partial charge >= 0.3 is 0 Å². The molecule has 0 atom stereocenters. The molecule has 1 aliphatic rings. The molecule has 33 heavy (non-hydrogen) atoms. The fraction of sp³-hybridized carbons (Fsp3) is 0.321. The molecule has 0 unspecified atom stereocenters. The van der Waals surface area contributed by atoms with E-state index in [0.29, 0.717) is 5.89 Å². The van der Waals surface area contributed by atoms with Crippen molar-refractivity contribution in [2.45, 2.75) is 38.7 Å². The van der Waals surface area contributed by atoms with Gasteiger partial charge < -0.3 is 18.8 Å². The number of para-hydroxylation sites is 1. The first-order valence-corrected chi connectivity index (χ1v) is 11.9. The van der Waals surface area contributed by atoms with E-state index in [9.17, 15) is 0 Å². The molecule has 0 radical (unpaired) electrons. The Hall–Kier alpha value is -3.31. The van der Waals surface area contributed by atoms with E-state index in [0.717, 1.165) is 59.8 Å². The van der Waals surface area contributed by atoms with Gasteiger partial charge in [-0.3, -0.25) is 0 Å². The van der Waals surface area contributed by atoms with E-state index in [2.05, 4.69) is 16.8 Å². The van der Waals surface area contributed by atoms with E-state index in [1.54, 1.807) is 0 Å². The van der Waals surface area contributed by atoms with Crippen LogP contribution in [0.1, 0.15) is 32.6 Å². The van der Waals surface area contributed by atoms with E-state index in [1.807, 2.05) is 72.8 Å². The normalized spacial score (nSPS) is 15.1. The summed E-state index contributed by atoms with van der Waals surface area (Å²) in [7, 11) is 0. The molecule has 5 nitrogen and oxygen atoms in total. The van der Waals surface area contributed by atoms with Crippen LogP contribution in [0.2, 0.25) is 0 Å². The summed E-state index contributed by atoms with van der Waals surface area (Å²) in [6.45, 7) is 5.68. The lowest BCUT2D eigenvalue weighted by Crippen LogP contribution is -2.38. The predicted octanol–water partition coefficient (Wildman–Crippen LogP) is 6.93. The zero-order valence-corrected chi connectivity index (χ0v) is 19.1. The minimum absolute atomic E-state index is 0.264. The number of hydrogen-bond acceptors (Lipinski definition) is 5. The van der Waals surface area contributed by atoms with Crippen LogP contribution in [-0.4, -0.2) is 35.6 Å². The van der Waals surface area contributed by atoms with Crippen molar-refractivity contribution in [2.24, 2.45) is 0 Å². The lowest BCUT2D eigenvalue weighted by atomic mass is 10.1. The second-order valence-corrected chi connectivity index (χ2v) is 8.60. The number of piperidine rings is 1. The van der Waals surface area contributed by atoms with Gasteiger partial charge in [0.25, 0.3) is 0 Å². The molecule has 0 bridgehead atoms. The first-order chi connectivity index (χ1) is 16.3.